The highest BCUT2D eigenvalue weighted by Gasteiger charge is 2.14. The summed E-state index contributed by atoms with van der Waals surface area (Å²) in [7, 11) is 0. The molecule has 3 heteroatoms. The Labute approximate surface area is 114 Å². The smallest absolute Gasteiger partial charge is 0.0892 e. The second kappa shape index (κ2) is 5.25. The average molecular weight is 255 g/mol. The van der Waals surface area contributed by atoms with E-state index >= 15 is 0 Å². The SMILES string of the molecule is Cc1nc2ccc(CC3CCNCC3)cc2nc1C. The van der Waals surface area contributed by atoms with Crippen LogP contribution in [0.1, 0.15) is 29.8 Å². The summed E-state index contributed by atoms with van der Waals surface area (Å²) in [5.74, 6) is 0.818. The van der Waals surface area contributed by atoms with E-state index in [1.165, 1.54) is 24.8 Å². The minimum Gasteiger partial charge on any atom is -0.317 e. The highest BCUT2D eigenvalue weighted by Crippen LogP contribution is 2.21. The number of fused-ring (bicyclic) bond motifs is 1. The van der Waals surface area contributed by atoms with Crippen LogP contribution in [0.15, 0.2) is 18.2 Å². The third-order valence-corrected chi connectivity index (χ3v) is 4.12. The molecule has 19 heavy (non-hydrogen) atoms. The molecule has 0 aliphatic carbocycles. The summed E-state index contributed by atoms with van der Waals surface area (Å²) in [5, 5.41) is 3.42. The number of nitrogens with zero attached hydrogens (tertiary/aromatic N) is 2. The lowest BCUT2D eigenvalue weighted by Gasteiger charge is -2.22. The average Bonchev–Trinajstić information content (AvgIpc) is 2.42. The maximum Gasteiger partial charge on any atom is 0.0892 e. The van der Waals surface area contributed by atoms with Crippen LogP contribution in [0.2, 0.25) is 0 Å². The summed E-state index contributed by atoms with van der Waals surface area (Å²) in [6, 6.07) is 6.55. The fourth-order valence-electron chi connectivity index (χ4n) is 2.82. The summed E-state index contributed by atoms with van der Waals surface area (Å²) in [4.78, 5) is 9.24. The van der Waals surface area contributed by atoms with Gasteiger partial charge in [-0.15, -0.1) is 0 Å². The monoisotopic (exact) mass is 255 g/mol. The molecule has 0 saturated carbocycles. The molecule has 1 aliphatic heterocycles. The second-order valence-electron chi connectivity index (χ2n) is 5.61. The predicted octanol–water partition coefficient (Wildman–Crippen LogP) is 2.79. The Morgan fingerprint density at radius 3 is 2.47 bits per heavy atom. The highest BCUT2D eigenvalue weighted by atomic mass is 14.9. The van der Waals surface area contributed by atoms with E-state index in [0.717, 1.165) is 41.4 Å². The molecule has 0 radical (unpaired) electrons. The standard InChI is InChI=1S/C16H21N3/c1-11-12(2)19-16-10-14(3-4-15(16)18-11)9-13-5-7-17-8-6-13/h3-4,10,13,17H,5-9H2,1-2H3. The Morgan fingerprint density at radius 1 is 1.05 bits per heavy atom. The van der Waals surface area contributed by atoms with E-state index in [-0.39, 0.29) is 0 Å². The van der Waals surface area contributed by atoms with Crippen LogP contribution in [-0.2, 0) is 6.42 Å². The number of benzene rings is 1. The van der Waals surface area contributed by atoms with Crippen molar-refractivity contribution in [3.63, 3.8) is 0 Å². The van der Waals surface area contributed by atoms with Gasteiger partial charge < -0.3 is 5.32 Å². The zero-order valence-corrected chi connectivity index (χ0v) is 11.7. The second-order valence-corrected chi connectivity index (χ2v) is 5.61. The Balaban J connectivity index is 1.86. The Hall–Kier alpha value is -1.48. The van der Waals surface area contributed by atoms with Crippen molar-refractivity contribution in [3.05, 3.63) is 35.2 Å². The molecule has 1 N–H and O–H groups in total. The van der Waals surface area contributed by atoms with Crippen LogP contribution in [0.25, 0.3) is 11.0 Å². The Morgan fingerprint density at radius 2 is 1.74 bits per heavy atom. The van der Waals surface area contributed by atoms with Gasteiger partial charge in [-0.25, -0.2) is 9.97 Å². The van der Waals surface area contributed by atoms with Gasteiger partial charge in [0, 0.05) is 0 Å². The van der Waals surface area contributed by atoms with Crippen LogP contribution in [0.5, 0.6) is 0 Å². The van der Waals surface area contributed by atoms with Crippen molar-refractivity contribution in [3.8, 4) is 0 Å². The summed E-state index contributed by atoms with van der Waals surface area (Å²) in [6.07, 6.45) is 3.75. The van der Waals surface area contributed by atoms with E-state index in [1.54, 1.807) is 0 Å². The molecule has 3 nitrogen and oxygen atoms in total. The van der Waals surface area contributed by atoms with Crippen molar-refractivity contribution in [1.29, 1.82) is 0 Å². The minimum atomic E-state index is 0.818. The first kappa shape index (κ1) is 12.5. The molecule has 0 bridgehead atoms. The molecule has 0 atom stereocenters. The van der Waals surface area contributed by atoms with Gasteiger partial charge in [0.15, 0.2) is 0 Å². The van der Waals surface area contributed by atoms with Crippen LogP contribution in [0.3, 0.4) is 0 Å². The zero-order valence-electron chi connectivity index (χ0n) is 11.7. The van der Waals surface area contributed by atoms with Crippen molar-refractivity contribution in [2.75, 3.05) is 13.1 Å². The van der Waals surface area contributed by atoms with Gasteiger partial charge in [-0.3, -0.25) is 0 Å². The molecule has 2 aromatic rings. The first-order valence-electron chi connectivity index (χ1n) is 7.17. The molecule has 0 amide bonds. The predicted molar refractivity (Wildman–Crippen MR) is 78.3 cm³/mol. The van der Waals surface area contributed by atoms with E-state index in [9.17, 15) is 0 Å². The lowest BCUT2D eigenvalue weighted by molar-refractivity contribution is 0.373. The van der Waals surface area contributed by atoms with Crippen molar-refractivity contribution in [2.45, 2.75) is 33.1 Å². The minimum absolute atomic E-state index is 0.818. The summed E-state index contributed by atoms with van der Waals surface area (Å²) in [6.45, 7) is 6.37. The lowest BCUT2D eigenvalue weighted by Crippen LogP contribution is -2.28. The topological polar surface area (TPSA) is 37.8 Å². The van der Waals surface area contributed by atoms with E-state index in [4.69, 9.17) is 0 Å². The molecule has 1 aromatic carbocycles. The molecule has 1 aliphatic rings. The van der Waals surface area contributed by atoms with E-state index in [1.807, 2.05) is 13.8 Å². The van der Waals surface area contributed by atoms with Crippen LogP contribution in [0, 0.1) is 19.8 Å². The number of nitrogens with one attached hydrogen (secondary N) is 1. The molecule has 0 spiro atoms. The molecular weight excluding hydrogens is 234 g/mol. The maximum atomic E-state index is 4.65. The van der Waals surface area contributed by atoms with E-state index in [0.29, 0.717) is 0 Å². The number of rotatable bonds is 2. The van der Waals surface area contributed by atoms with Crippen LogP contribution in [-0.4, -0.2) is 23.1 Å². The van der Waals surface area contributed by atoms with Crippen molar-refractivity contribution < 1.29 is 0 Å². The number of aromatic nitrogens is 2. The molecule has 3 rings (SSSR count). The number of hydrogen-bond donors (Lipinski definition) is 1. The Bertz CT molecular complexity index is 586. The molecule has 0 unspecified atom stereocenters. The number of hydrogen-bond acceptors (Lipinski definition) is 3. The van der Waals surface area contributed by atoms with E-state index < -0.39 is 0 Å². The van der Waals surface area contributed by atoms with Gasteiger partial charge >= 0.3 is 0 Å². The van der Waals surface area contributed by atoms with Crippen LogP contribution in [0.4, 0.5) is 0 Å². The summed E-state index contributed by atoms with van der Waals surface area (Å²) in [5.41, 5.74) is 5.51. The van der Waals surface area contributed by atoms with Crippen molar-refractivity contribution in [1.82, 2.24) is 15.3 Å². The molecule has 1 saturated heterocycles. The van der Waals surface area contributed by atoms with Crippen LogP contribution < -0.4 is 5.32 Å². The lowest BCUT2D eigenvalue weighted by atomic mass is 9.91. The third-order valence-electron chi connectivity index (χ3n) is 4.12. The van der Waals surface area contributed by atoms with Crippen molar-refractivity contribution >= 4 is 11.0 Å². The largest absolute Gasteiger partial charge is 0.317 e. The quantitative estimate of drug-likeness (QED) is 0.896. The van der Waals surface area contributed by atoms with Gasteiger partial charge in [0.1, 0.15) is 0 Å². The fourth-order valence-corrected chi connectivity index (χ4v) is 2.82. The van der Waals surface area contributed by atoms with Gasteiger partial charge in [-0.1, -0.05) is 6.07 Å². The summed E-state index contributed by atoms with van der Waals surface area (Å²) < 4.78 is 0. The molecular formula is C16H21N3. The molecule has 1 fully saturated rings. The molecule has 100 valence electrons. The zero-order chi connectivity index (χ0) is 13.2. The first-order chi connectivity index (χ1) is 9.22. The fraction of sp³-hybridized carbons (Fsp3) is 0.500. The maximum absolute atomic E-state index is 4.65. The third kappa shape index (κ3) is 2.76. The molecule has 2 heterocycles. The van der Waals surface area contributed by atoms with Gasteiger partial charge in [0.25, 0.3) is 0 Å². The van der Waals surface area contributed by atoms with Crippen LogP contribution >= 0.6 is 0 Å². The van der Waals surface area contributed by atoms with Crippen molar-refractivity contribution in [2.24, 2.45) is 5.92 Å². The van der Waals surface area contributed by atoms with E-state index in [2.05, 4.69) is 33.5 Å². The Kier molecular flexibility index (Phi) is 3.47. The van der Waals surface area contributed by atoms with Gasteiger partial charge in [0.05, 0.1) is 22.4 Å². The molecule has 1 aromatic heterocycles. The number of piperidine rings is 1. The summed E-state index contributed by atoms with van der Waals surface area (Å²) >= 11 is 0. The number of aryl methyl sites for hydroxylation is 2. The normalized spacial score (nSPS) is 16.9. The van der Waals surface area contributed by atoms with Gasteiger partial charge in [-0.05, 0) is 69.8 Å². The van der Waals surface area contributed by atoms with Gasteiger partial charge in [-0.2, -0.15) is 0 Å². The first-order valence-corrected chi connectivity index (χ1v) is 7.17. The van der Waals surface area contributed by atoms with Gasteiger partial charge in [0.2, 0.25) is 0 Å². The highest BCUT2D eigenvalue weighted by molar-refractivity contribution is 5.75.